The van der Waals surface area contributed by atoms with E-state index in [0.29, 0.717) is 5.70 Å². The van der Waals surface area contributed by atoms with Gasteiger partial charge in [0.1, 0.15) is 0 Å². The first-order valence-corrected chi connectivity index (χ1v) is 5.21. The number of carbonyl (C=O) groups excluding carboxylic acids is 1. The minimum Gasteiger partial charge on any atom is -0.313 e. The van der Waals surface area contributed by atoms with Crippen LogP contribution in [0, 0.1) is 0 Å². The van der Waals surface area contributed by atoms with E-state index in [0.717, 1.165) is 5.56 Å². The number of carbonyl (C=O) groups is 1. The van der Waals surface area contributed by atoms with Gasteiger partial charge in [0, 0.05) is 12.7 Å². The fraction of sp³-hybridized carbons (Fsp3) is 0.182. The molecule has 0 saturated carbocycles. The van der Waals surface area contributed by atoms with Crippen LogP contribution in [-0.4, -0.2) is 22.7 Å². The molecule has 2 nitrogen and oxygen atoms in total. The molecule has 0 unspecified atom stereocenters. The summed E-state index contributed by atoms with van der Waals surface area (Å²) in [7, 11) is 1.59. The van der Waals surface area contributed by atoms with Crippen LogP contribution in [0.1, 0.15) is 5.56 Å². The van der Waals surface area contributed by atoms with Gasteiger partial charge in [-0.2, -0.15) is 0 Å². The monoisotopic (exact) mass is 243 g/mol. The summed E-state index contributed by atoms with van der Waals surface area (Å²) in [6.45, 7) is 3.82. The number of hydrogen-bond donors (Lipinski definition) is 0. The molecule has 80 valence electrons. The average molecular weight is 244 g/mol. The van der Waals surface area contributed by atoms with E-state index in [-0.39, 0.29) is 5.91 Å². The van der Waals surface area contributed by atoms with Crippen LogP contribution in [-0.2, 0) is 4.79 Å². The zero-order valence-corrected chi connectivity index (χ0v) is 9.79. The second-order valence-corrected chi connectivity index (χ2v) is 4.11. The third-order valence-corrected chi connectivity index (χ3v) is 2.40. The lowest BCUT2D eigenvalue weighted by molar-refractivity contribution is -0.125. The Hall–Kier alpha value is -0.990. The number of benzene rings is 1. The molecule has 0 spiro atoms. The maximum Gasteiger partial charge on any atom is 0.260 e. The van der Waals surface area contributed by atoms with Crippen molar-refractivity contribution in [3.8, 4) is 0 Å². The Morgan fingerprint density at radius 2 is 1.87 bits per heavy atom. The predicted octanol–water partition coefficient (Wildman–Crippen LogP) is 2.92. The highest BCUT2D eigenvalue weighted by Crippen LogP contribution is 2.18. The van der Waals surface area contributed by atoms with E-state index in [9.17, 15) is 4.79 Å². The van der Waals surface area contributed by atoms with Crippen molar-refractivity contribution in [3.05, 3.63) is 42.5 Å². The Morgan fingerprint density at radius 1 is 1.33 bits per heavy atom. The number of hydrogen-bond acceptors (Lipinski definition) is 1. The van der Waals surface area contributed by atoms with Crippen LogP contribution in [0.15, 0.2) is 36.9 Å². The summed E-state index contributed by atoms with van der Waals surface area (Å²) in [5.74, 6) is -0.382. The number of amides is 1. The topological polar surface area (TPSA) is 20.3 Å². The first kappa shape index (κ1) is 12.1. The average Bonchev–Trinajstić information content (AvgIpc) is 2.27. The van der Waals surface area contributed by atoms with Crippen molar-refractivity contribution in [2.45, 2.75) is 4.84 Å². The fourth-order valence-electron chi connectivity index (χ4n) is 1.10. The quantitative estimate of drug-likeness (QED) is 0.748. The molecule has 1 amide bonds. The second kappa shape index (κ2) is 5.19. The summed E-state index contributed by atoms with van der Waals surface area (Å²) in [4.78, 5) is 11.7. The van der Waals surface area contributed by atoms with Gasteiger partial charge >= 0.3 is 0 Å². The van der Waals surface area contributed by atoms with Gasteiger partial charge in [-0.05, 0) is 5.56 Å². The lowest BCUT2D eigenvalue weighted by Gasteiger charge is -2.20. The SMILES string of the molecule is C=C(c1ccccc1)N(C)C(=O)C(Cl)Cl. The van der Waals surface area contributed by atoms with Crippen molar-refractivity contribution in [1.82, 2.24) is 4.90 Å². The van der Waals surface area contributed by atoms with E-state index in [1.807, 2.05) is 30.3 Å². The highest BCUT2D eigenvalue weighted by molar-refractivity contribution is 6.53. The van der Waals surface area contributed by atoms with Crippen molar-refractivity contribution in [2.24, 2.45) is 0 Å². The molecule has 0 aliphatic rings. The van der Waals surface area contributed by atoms with Gasteiger partial charge in [-0.3, -0.25) is 4.79 Å². The maximum absolute atomic E-state index is 11.5. The normalized spacial score (nSPS) is 10.1. The Bertz CT molecular complexity index is 362. The Labute approximate surface area is 99.1 Å². The molecule has 0 N–H and O–H groups in total. The fourth-order valence-corrected chi connectivity index (χ4v) is 1.40. The number of halogens is 2. The molecule has 4 heteroatoms. The van der Waals surface area contributed by atoms with Crippen molar-refractivity contribution < 1.29 is 4.79 Å². The largest absolute Gasteiger partial charge is 0.313 e. The van der Waals surface area contributed by atoms with Gasteiger partial charge in [0.2, 0.25) is 0 Å². The third kappa shape index (κ3) is 2.98. The zero-order chi connectivity index (χ0) is 11.4. The molecule has 0 bridgehead atoms. The first-order valence-electron chi connectivity index (χ1n) is 4.34. The molecular formula is C11H11Cl2NO. The Morgan fingerprint density at radius 3 is 2.33 bits per heavy atom. The Kier molecular flexibility index (Phi) is 4.18. The van der Waals surface area contributed by atoms with Crippen molar-refractivity contribution >= 4 is 34.8 Å². The molecular weight excluding hydrogens is 233 g/mol. The van der Waals surface area contributed by atoms with E-state index >= 15 is 0 Å². The van der Waals surface area contributed by atoms with Crippen LogP contribution in [0.3, 0.4) is 0 Å². The number of nitrogens with zero attached hydrogens (tertiary/aromatic N) is 1. The van der Waals surface area contributed by atoms with Crippen LogP contribution in [0.4, 0.5) is 0 Å². The molecule has 1 rings (SSSR count). The molecule has 1 aromatic rings. The number of alkyl halides is 2. The van der Waals surface area contributed by atoms with Crippen LogP contribution >= 0.6 is 23.2 Å². The van der Waals surface area contributed by atoms with Crippen LogP contribution in [0.2, 0.25) is 0 Å². The lowest BCUT2D eigenvalue weighted by atomic mass is 10.1. The van der Waals surface area contributed by atoms with Gasteiger partial charge in [-0.1, -0.05) is 60.1 Å². The molecule has 0 saturated heterocycles. The third-order valence-electron chi connectivity index (χ3n) is 2.03. The van der Waals surface area contributed by atoms with Gasteiger partial charge in [-0.15, -0.1) is 0 Å². The van der Waals surface area contributed by atoms with Gasteiger partial charge < -0.3 is 4.90 Å². The second-order valence-electron chi connectivity index (χ2n) is 3.01. The first-order chi connectivity index (χ1) is 7.04. The minimum atomic E-state index is -1.06. The van der Waals surface area contributed by atoms with Crippen molar-refractivity contribution in [3.63, 3.8) is 0 Å². The Balaban J connectivity index is 2.82. The van der Waals surface area contributed by atoms with E-state index in [2.05, 4.69) is 6.58 Å². The summed E-state index contributed by atoms with van der Waals surface area (Å²) in [5.41, 5.74) is 1.44. The molecule has 0 fully saturated rings. The van der Waals surface area contributed by atoms with E-state index in [1.54, 1.807) is 7.05 Å². The predicted molar refractivity (Wildman–Crippen MR) is 63.7 cm³/mol. The van der Waals surface area contributed by atoms with Gasteiger partial charge in [-0.25, -0.2) is 0 Å². The van der Waals surface area contributed by atoms with E-state index in [4.69, 9.17) is 23.2 Å². The molecule has 0 aliphatic carbocycles. The minimum absolute atomic E-state index is 0.382. The highest BCUT2D eigenvalue weighted by atomic mass is 35.5. The van der Waals surface area contributed by atoms with Crippen LogP contribution < -0.4 is 0 Å². The molecule has 0 heterocycles. The van der Waals surface area contributed by atoms with Crippen LogP contribution in [0.5, 0.6) is 0 Å². The van der Waals surface area contributed by atoms with Crippen molar-refractivity contribution in [2.75, 3.05) is 7.05 Å². The highest BCUT2D eigenvalue weighted by Gasteiger charge is 2.19. The summed E-state index contributed by atoms with van der Waals surface area (Å²) < 4.78 is 0. The molecule has 0 aliphatic heterocycles. The van der Waals surface area contributed by atoms with Crippen molar-refractivity contribution in [1.29, 1.82) is 0 Å². The molecule has 1 aromatic carbocycles. The summed E-state index contributed by atoms with van der Waals surface area (Å²) in [5, 5.41) is 0. The molecule has 0 radical (unpaired) electrons. The smallest absolute Gasteiger partial charge is 0.260 e. The summed E-state index contributed by atoms with van der Waals surface area (Å²) >= 11 is 11.0. The zero-order valence-electron chi connectivity index (χ0n) is 8.28. The summed E-state index contributed by atoms with van der Waals surface area (Å²) in [6, 6.07) is 9.37. The van der Waals surface area contributed by atoms with Gasteiger partial charge in [0.25, 0.3) is 5.91 Å². The maximum atomic E-state index is 11.5. The molecule has 15 heavy (non-hydrogen) atoms. The van der Waals surface area contributed by atoms with Gasteiger partial charge in [0.15, 0.2) is 4.84 Å². The lowest BCUT2D eigenvalue weighted by Crippen LogP contribution is -2.29. The molecule has 0 aromatic heterocycles. The van der Waals surface area contributed by atoms with E-state index in [1.165, 1.54) is 4.90 Å². The number of rotatable bonds is 3. The van der Waals surface area contributed by atoms with Gasteiger partial charge in [0.05, 0.1) is 0 Å². The van der Waals surface area contributed by atoms with E-state index < -0.39 is 4.84 Å². The van der Waals surface area contributed by atoms with Crippen LogP contribution in [0.25, 0.3) is 5.70 Å². The molecule has 0 atom stereocenters. The summed E-state index contributed by atoms with van der Waals surface area (Å²) in [6.07, 6.45) is 0. The standard InChI is InChI=1S/C11H11Cl2NO/c1-8(9-6-4-3-5-7-9)14(2)11(15)10(12)13/h3-7,10H,1H2,2H3.